The number of halogens is 1. The largest absolute Gasteiger partial charge is 0.508 e. The average molecular weight is 389 g/mol. The van der Waals surface area contributed by atoms with E-state index in [1.54, 1.807) is 36.4 Å². The van der Waals surface area contributed by atoms with E-state index in [1.165, 1.54) is 6.07 Å². The van der Waals surface area contributed by atoms with Crippen molar-refractivity contribution < 1.29 is 19.4 Å². The summed E-state index contributed by atoms with van der Waals surface area (Å²) in [6, 6.07) is 11.0. The third-order valence-electron chi connectivity index (χ3n) is 4.58. The molecule has 0 radical (unpaired) electrons. The molecule has 3 N–H and O–H groups in total. The van der Waals surface area contributed by atoms with Gasteiger partial charge in [0.25, 0.3) is 0 Å². The third kappa shape index (κ3) is 4.52. The quantitative estimate of drug-likeness (QED) is 0.504. The number of esters is 1. The van der Waals surface area contributed by atoms with Crippen molar-refractivity contribution in [2.45, 2.75) is 32.8 Å². The molecule has 1 heterocycles. The van der Waals surface area contributed by atoms with Gasteiger partial charge in [-0.05, 0) is 42.8 Å². The van der Waals surface area contributed by atoms with Crippen LogP contribution in [0.5, 0.6) is 5.75 Å². The summed E-state index contributed by atoms with van der Waals surface area (Å²) in [4.78, 5) is 24.0. The second kappa shape index (κ2) is 7.48. The van der Waals surface area contributed by atoms with Crippen molar-refractivity contribution in [2.75, 3.05) is 10.6 Å². The number of anilines is 2. The zero-order valence-corrected chi connectivity index (χ0v) is 15.8. The van der Waals surface area contributed by atoms with Gasteiger partial charge in [-0.3, -0.25) is 4.79 Å². The molecule has 6 nitrogen and oxygen atoms in total. The fourth-order valence-corrected chi connectivity index (χ4v) is 3.28. The minimum atomic E-state index is -0.587. The number of aromatic hydroxyl groups is 1. The van der Waals surface area contributed by atoms with Gasteiger partial charge in [0.15, 0.2) is 0 Å². The van der Waals surface area contributed by atoms with Gasteiger partial charge in [-0.2, -0.15) is 0 Å². The zero-order valence-electron chi connectivity index (χ0n) is 15.1. The molecule has 0 spiro atoms. The molecule has 0 aromatic heterocycles. The summed E-state index contributed by atoms with van der Waals surface area (Å²) >= 11 is 5.91. The van der Waals surface area contributed by atoms with Crippen molar-refractivity contribution in [3.05, 3.63) is 53.1 Å². The Hall–Kier alpha value is -2.73. The molecule has 0 aliphatic carbocycles. The monoisotopic (exact) mass is 388 g/mol. The molecule has 142 valence electrons. The number of phenolic OH excluding ortho intramolecular Hbond substituents is 1. The lowest BCUT2D eigenvalue weighted by Crippen LogP contribution is -2.32. The normalized spacial score (nSPS) is 18.5. The number of carbonyl (C=O) groups excluding carboxylic acids is 2. The Balaban J connectivity index is 1.78. The topological polar surface area (TPSA) is 87.7 Å². The van der Waals surface area contributed by atoms with E-state index < -0.39 is 12.1 Å². The highest BCUT2D eigenvalue weighted by atomic mass is 35.5. The van der Waals surface area contributed by atoms with Crippen LogP contribution in [0.4, 0.5) is 16.2 Å². The van der Waals surface area contributed by atoms with Crippen LogP contribution in [0.15, 0.2) is 42.5 Å². The lowest BCUT2D eigenvalue weighted by atomic mass is 9.77. The van der Waals surface area contributed by atoms with Gasteiger partial charge < -0.3 is 20.5 Å². The molecule has 2 aromatic carbocycles. The molecule has 2 aromatic rings. The summed E-state index contributed by atoms with van der Waals surface area (Å²) in [5, 5.41) is 16.2. The standard InChI is InChI=1S/C20H21ClN2O4/c1-20(2)9-8-17(25)27-18(20)15-11-14(6-7-16(15)24)23-19(26)22-13-5-3-4-12(21)10-13/h3-7,10-11,18,24H,8-9H2,1-2H3,(H2,22,23,26). The molecular weight excluding hydrogens is 368 g/mol. The Morgan fingerprint density at radius 1 is 1.19 bits per heavy atom. The number of hydrogen-bond acceptors (Lipinski definition) is 4. The number of benzene rings is 2. The Labute approximate surface area is 162 Å². The molecule has 1 atom stereocenters. The first-order chi connectivity index (χ1) is 12.7. The molecule has 3 rings (SSSR count). The maximum Gasteiger partial charge on any atom is 0.323 e. The molecule has 2 amide bonds. The molecule has 1 unspecified atom stereocenters. The van der Waals surface area contributed by atoms with Gasteiger partial charge in [0.2, 0.25) is 0 Å². The second-order valence-corrected chi connectivity index (χ2v) is 7.66. The van der Waals surface area contributed by atoms with E-state index in [-0.39, 0.29) is 17.1 Å². The summed E-state index contributed by atoms with van der Waals surface area (Å²) < 4.78 is 5.50. The maximum atomic E-state index is 12.2. The van der Waals surface area contributed by atoms with E-state index in [4.69, 9.17) is 16.3 Å². The number of amides is 2. The summed E-state index contributed by atoms with van der Waals surface area (Å²) in [5.74, 6) is -0.278. The average Bonchev–Trinajstić information content (AvgIpc) is 2.59. The minimum absolute atomic E-state index is 0.0172. The molecule has 7 heteroatoms. The molecule has 1 fully saturated rings. The SMILES string of the molecule is CC1(C)CCC(=O)OC1c1cc(NC(=O)Nc2cccc(Cl)c2)ccc1O. The van der Waals surface area contributed by atoms with Crippen molar-refractivity contribution in [1.29, 1.82) is 0 Å². The highest BCUT2D eigenvalue weighted by Gasteiger charge is 2.39. The van der Waals surface area contributed by atoms with E-state index in [1.807, 2.05) is 13.8 Å². The number of phenols is 1. The van der Waals surface area contributed by atoms with Gasteiger partial charge in [-0.15, -0.1) is 0 Å². The highest BCUT2D eigenvalue weighted by Crippen LogP contribution is 2.46. The molecule has 27 heavy (non-hydrogen) atoms. The number of nitrogens with one attached hydrogen (secondary N) is 2. The maximum absolute atomic E-state index is 12.2. The predicted octanol–water partition coefficient (Wildman–Crippen LogP) is 5.09. The first kappa shape index (κ1) is 19.0. The summed E-state index contributed by atoms with van der Waals surface area (Å²) in [6.07, 6.45) is 0.420. The van der Waals surface area contributed by atoms with Crippen molar-refractivity contribution in [1.82, 2.24) is 0 Å². The molecule has 1 aliphatic rings. The Morgan fingerprint density at radius 3 is 2.59 bits per heavy atom. The van der Waals surface area contributed by atoms with Crippen LogP contribution in [0.2, 0.25) is 5.02 Å². The number of rotatable bonds is 3. The van der Waals surface area contributed by atoms with Crippen LogP contribution in [-0.2, 0) is 9.53 Å². The summed E-state index contributed by atoms with van der Waals surface area (Å²) in [6.45, 7) is 3.96. The summed E-state index contributed by atoms with van der Waals surface area (Å²) in [5.41, 5.74) is 1.17. The van der Waals surface area contributed by atoms with Crippen LogP contribution in [0.1, 0.15) is 38.4 Å². The van der Waals surface area contributed by atoms with Crippen molar-refractivity contribution >= 4 is 35.0 Å². The van der Waals surface area contributed by atoms with Crippen LogP contribution >= 0.6 is 11.6 Å². The molecule has 0 saturated carbocycles. The fraction of sp³-hybridized carbons (Fsp3) is 0.300. The predicted molar refractivity (Wildman–Crippen MR) is 104 cm³/mol. The molecule has 1 saturated heterocycles. The number of hydrogen-bond donors (Lipinski definition) is 3. The van der Waals surface area contributed by atoms with E-state index in [0.717, 1.165) is 0 Å². The van der Waals surface area contributed by atoms with E-state index in [9.17, 15) is 14.7 Å². The Kier molecular flexibility index (Phi) is 5.28. The highest BCUT2D eigenvalue weighted by molar-refractivity contribution is 6.30. The van der Waals surface area contributed by atoms with Gasteiger partial charge in [0.1, 0.15) is 11.9 Å². The first-order valence-electron chi connectivity index (χ1n) is 8.60. The van der Waals surface area contributed by atoms with Gasteiger partial charge in [-0.1, -0.05) is 31.5 Å². The Bertz CT molecular complexity index is 882. The first-order valence-corrected chi connectivity index (χ1v) is 8.98. The van der Waals surface area contributed by atoms with E-state index in [2.05, 4.69) is 10.6 Å². The van der Waals surface area contributed by atoms with Crippen LogP contribution < -0.4 is 10.6 Å². The van der Waals surface area contributed by atoms with Gasteiger partial charge in [0, 0.05) is 33.8 Å². The molecule has 0 bridgehead atoms. The number of carbonyl (C=O) groups is 2. The van der Waals surface area contributed by atoms with Crippen LogP contribution in [0, 0.1) is 5.41 Å². The molecule has 1 aliphatic heterocycles. The number of urea groups is 1. The van der Waals surface area contributed by atoms with Gasteiger partial charge in [-0.25, -0.2) is 4.79 Å². The molecular formula is C20H21ClN2O4. The van der Waals surface area contributed by atoms with Crippen LogP contribution in [-0.4, -0.2) is 17.1 Å². The minimum Gasteiger partial charge on any atom is -0.508 e. The van der Waals surface area contributed by atoms with Crippen molar-refractivity contribution in [3.63, 3.8) is 0 Å². The van der Waals surface area contributed by atoms with E-state index in [0.29, 0.717) is 34.8 Å². The van der Waals surface area contributed by atoms with Crippen molar-refractivity contribution in [3.8, 4) is 5.75 Å². The second-order valence-electron chi connectivity index (χ2n) is 7.22. The van der Waals surface area contributed by atoms with Gasteiger partial charge >= 0.3 is 12.0 Å². The summed E-state index contributed by atoms with van der Waals surface area (Å²) in [7, 11) is 0. The lowest BCUT2D eigenvalue weighted by Gasteiger charge is -2.38. The zero-order chi connectivity index (χ0) is 19.6. The number of ether oxygens (including phenoxy) is 1. The Morgan fingerprint density at radius 2 is 1.89 bits per heavy atom. The van der Waals surface area contributed by atoms with Gasteiger partial charge in [0.05, 0.1) is 0 Å². The number of cyclic esters (lactones) is 1. The smallest absolute Gasteiger partial charge is 0.323 e. The van der Waals surface area contributed by atoms with Crippen molar-refractivity contribution in [2.24, 2.45) is 5.41 Å². The third-order valence-corrected chi connectivity index (χ3v) is 4.82. The lowest BCUT2D eigenvalue weighted by molar-refractivity contribution is -0.165. The van der Waals surface area contributed by atoms with E-state index >= 15 is 0 Å². The van der Waals surface area contributed by atoms with Crippen LogP contribution in [0.3, 0.4) is 0 Å². The van der Waals surface area contributed by atoms with Crippen LogP contribution in [0.25, 0.3) is 0 Å². The fourth-order valence-electron chi connectivity index (χ4n) is 3.09.